The number of benzene rings is 8. The lowest BCUT2D eigenvalue weighted by Crippen LogP contribution is -2.28. The lowest BCUT2D eigenvalue weighted by atomic mass is 9.82. The standard InChI is InChI=1S/C36H38N2O.C32H30N2O.2CO2/c1-6-33(28-12-8-7-9-13-28)37-35(39)29-20-21-34-31(22-29)25(2)23-38(34)24-26-16-18-27(19-17-26)30-14-10-11-15-32(30)36(3,4)5;1-3-30(27-12-8-5-9-13-27)33-32(35)28-18-19-31-29(20-28)23(2)21-34(31)22-24-14-16-26(17-15-24)25-10-6-4-7-11-25;2*2-1-3/h7-23,33H,6,24H2,1-5H3,(H,37,39);4-21,30H,3,22H2,1-2H3,(H,33,35);;. The molecule has 10 heteroatoms. The fourth-order valence-corrected chi connectivity index (χ4v) is 10.2. The summed E-state index contributed by atoms with van der Waals surface area (Å²) in [6.45, 7) is 16.8. The molecule has 0 fully saturated rings. The van der Waals surface area contributed by atoms with E-state index in [1.165, 1.54) is 50.1 Å². The minimum atomic E-state index is -0.0362. The predicted octanol–water partition coefficient (Wildman–Crippen LogP) is 15.2. The van der Waals surface area contributed by atoms with Gasteiger partial charge in [-0.05, 0) is 130 Å². The van der Waals surface area contributed by atoms with Crippen molar-refractivity contribution in [2.24, 2.45) is 0 Å². The van der Waals surface area contributed by atoms with Crippen molar-refractivity contribution in [1.29, 1.82) is 0 Å². The molecule has 2 aromatic heterocycles. The molecule has 10 nitrogen and oxygen atoms in total. The molecule has 2 unspecified atom stereocenters. The van der Waals surface area contributed by atoms with Gasteiger partial charge in [0.2, 0.25) is 0 Å². The SMILES string of the molecule is CCC(NC(=O)c1ccc2c(c1)c(C)cn2Cc1ccc(-c2ccccc2)cc1)c1ccccc1.CCC(NC(=O)c1ccc2c(c1)c(C)cn2Cc1ccc(-c2ccccc2C(C)(C)C)cc1)c1ccccc1.O=C=O.O=C=O. The number of fused-ring (bicyclic) bond motifs is 2. The summed E-state index contributed by atoms with van der Waals surface area (Å²) in [6.07, 6.45) is 6.55. The van der Waals surface area contributed by atoms with Crippen LogP contribution in [-0.2, 0) is 37.7 Å². The van der Waals surface area contributed by atoms with E-state index in [1.807, 2.05) is 66.7 Å². The lowest BCUT2D eigenvalue weighted by Gasteiger charge is -2.23. The Labute approximate surface area is 469 Å². The van der Waals surface area contributed by atoms with E-state index >= 15 is 0 Å². The largest absolute Gasteiger partial charge is 0.373 e. The maximum Gasteiger partial charge on any atom is 0.373 e. The Morgan fingerprint density at radius 3 is 1.23 bits per heavy atom. The summed E-state index contributed by atoms with van der Waals surface area (Å²) >= 11 is 0. The van der Waals surface area contributed by atoms with Crippen molar-refractivity contribution in [1.82, 2.24) is 19.8 Å². The zero-order valence-electron chi connectivity index (χ0n) is 46.5. The van der Waals surface area contributed by atoms with Gasteiger partial charge in [-0.25, -0.2) is 0 Å². The number of aryl methyl sites for hydroxylation is 2. The molecule has 0 bridgehead atoms. The van der Waals surface area contributed by atoms with Gasteiger partial charge in [0.05, 0.1) is 12.1 Å². The molecule has 0 aliphatic heterocycles. The highest BCUT2D eigenvalue weighted by molar-refractivity contribution is 6.00. The summed E-state index contributed by atoms with van der Waals surface area (Å²) in [7, 11) is 0. The predicted molar refractivity (Wildman–Crippen MR) is 318 cm³/mol. The summed E-state index contributed by atoms with van der Waals surface area (Å²) in [5.74, 6) is -0.0721. The van der Waals surface area contributed by atoms with Crippen LogP contribution < -0.4 is 10.6 Å². The molecular weight excluding hydrogens is 993 g/mol. The number of nitrogens with one attached hydrogen (secondary N) is 2. The van der Waals surface area contributed by atoms with Crippen molar-refractivity contribution in [3.63, 3.8) is 0 Å². The van der Waals surface area contributed by atoms with Gasteiger partial charge in [0, 0.05) is 58.4 Å². The Bertz CT molecular complexity index is 3700. The molecule has 0 aliphatic carbocycles. The number of rotatable bonds is 14. The molecular formula is C70H68N4O6. The number of nitrogens with zero attached hydrogens (tertiary/aromatic N) is 2. The van der Waals surface area contributed by atoms with E-state index in [2.05, 4.69) is 214 Å². The third kappa shape index (κ3) is 14.8. The van der Waals surface area contributed by atoms with E-state index in [9.17, 15) is 9.59 Å². The van der Waals surface area contributed by atoms with Crippen molar-refractivity contribution in [2.75, 3.05) is 0 Å². The van der Waals surface area contributed by atoms with E-state index in [4.69, 9.17) is 19.2 Å². The number of aromatic nitrogens is 2. The monoisotopic (exact) mass is 1060 g/mol. The first-order valence-electron chi connectivity index (χ1n) is 26.9. The molecule has 0 aliphatic rings. The second-order valence-electron chi connectivity index (χ2n) is 20.8. The molecule has 0 saturated heterocycles. The molecule has 2 atom stereocenters. The normalized spacial score (nSPS) is 11.5. The van der Waals surface area contributed by atoms with Crippen LogP contribution in [0.3, 0.4) is 0 Å². The molecule has 10 rings (SSSR count). The van der Waals surface area contributed by atoms with E-state index in [0.29, 0.717) is 11.1 Å². The van der Waals surface area contributed by atoms with Gasteiger partial charge in [-0.1, -0.05) is 198 Å². The Hall–Kier alpha value is -9.46. The van der Waals surface area contributed by atoms with Crippen molar-refractivity contribution in [3.05, 3.63) is 263 Å². The van der Waals surface area contributed by atoms with Gasteiger partial charge >= 0.3 is 12.3 Å². The zero-order valence-corrected chi connectivity index (χ0v) is 46.5. The first-order valence-corrected chi connectivity index (χ1v) is 26.9. The average Bonchev–Trinajstić information content (AvgIpc) is 4.03. The van der Waals surface area contributed by atoms with Crippen LogP contribution in [-0.4, -0.2) is 33.3 Å². The molecule has 0 spiro atoms. The highest BCUT2D eigenvalue weighted by atomic mass is 16.2. The van der Waals surface area contributed by atoms with Crippen LogP contribution in [0.2, 0.25) is 0 Å². The molecule has 10 aromatic rings. The molecule has 2 N–H and O–H groups in total. The van der Waals surface area contributed by atoms with Gasteiger partial charge in [0.1, 0.15) is 0 Å². The molecule has 2 heterocycles. The fraction of sp³-hybridized carbons (Fsp3) is 0.200. The van der Waals surface area contributed by atoms with Gasteiger partial charge in [0.15, 0.2) is 0 Å². The molecule has 8 aromatic carbocycles. The van der Waals surface area contributed by atoms with Crippen LogP contribution in [0.25, 0.3) is 44.1 Å². The van der Waals surface area contributed by atoms with E-state index in [-0.39, 0.29) is 41.6 Å². The highest BCUT2D eigenvalue weighted by Gasteiger charge is 2.20. The maximum absolute atomic E-state index is 13.2. The molecule has 80 heavy (non-hydrogen) atoms. The minimum absolute atomic E-state index is 0.00146. The Morgan fingerprint density at radius 2 is 0.825 bits per heavy atom. The van der Waals surface area contributed by atoms with Crippen molar-refractivity contribution >= 4 is 45.9 Å². The lowest BCUT2D eigenvalue weighted by molar-refractivity contribution is -0.193. The third-order valence-electron chi connectivity index (χ3n) is 14.3. The highest BCUT2D eigenvalue weighted by Crippen LogP contribution is 2.34. The maximum atomic E-state index is 13.2. The van der Waals surface area contributed by atoms with Crippen LogP contribution in [0.15, 0.2) is 213 Å². The third-order valence-corrected chi connectivity index (χ3v) is 14.3. The van der Waals surface area contributed by atoms with Crippen LogP contribution in [0.4, 0.5) is 0 Å². The van der Waals surface area contributed by atoms with Gasteiger partial charge in [0.25, 0.3) is 11.8 Å². The molecule has 2 amide bonds. The summed E-state index contributed by atoms with van der Waals surface area (Å²) in [4.78, 5) is 58.7. The summed E-state index contributed by atoms with van der Waals surface area (Å²) in [6, 6.07) is 69.2. The summed E-state index contributed by atoms with van der Waals surface area (Å²) in [5, 5.41) is 8.65. The van der Waals surface area contributed by atoms with Gasteiger partial charge in [-0.2, -0.15) is 19.2 Å². The number of carbonyl (C=O) groups excluding carboxylic acids is 6. The van der Waals surface area contributed by atoms with Gasteiger partial charge < -0.3 is 19.8 Å². The Balaban J connectivity index is 0.000000211. The second-order valence-corrected chi connectivity index (χ2v) is 20.8. The van der Waals surface area contributed by atoms with Crippen LogP contribution in [0.1, 0.15) is 119 Å². The molecule has 404 valence electrons. The first-order chi connectivity index (χ1) is 38.7. The quantitative estimate of drug-likeness (QED) is 0.111. The van der Waals surface area contributed by atoms with Crippen LogP contribution >= 0.6 is 0 Å². The summed E-state index contributed by atoms with van der Waals surface area (Å²) < 4.78 is 4.55. The number of hydrogen-bond donors (Lipinski definition) is 2. The van der Waals surface area contributed by atoms with Crippen molar-refractivity contribution < 1.29 is 28.8 Å². The fourth-order valence-electron chi connectivity index (χ4n) is 10.2. The smallest absolute Gasteiger partial charge is 0.345 e. The van der Waals surface area contributed by atoms with Crippen LogP contribution in [0.5, 0.6) is 0 Å². The van der Waals surface area contributed by atoms with Crippen molar-refractivity contribution in [2.45, 2.75) is 91.9 Å². The number of carbonyl (C=O) groups is 2. The Kier molecular flexibility index (Phi) is 20.2. The topological polar surface area (TPSA) is 136 Å². The second kappa shape index (κ2) is 27.7. The molecule has 0 saturated carbocycles. The number of amides is 2. The average molecular weight is 1060 g/mol. The summed E-state index contributed by atoms with van der Waals surface area (Å²) in [5.41, 5.74) is 17.2. The molecule has 0 radical (unpaired) electrons. The van der Waals surface area contributed by atoms with E-state index in [1.54, 1.807) is 0 Å². The zero-order chi connectivity index (χ0) is 57.2. The number of hydrogen-bond acceptors (Lipinski definition) is 6. The van der Waals surface area contributed by atoms with Gasteiger partial charge in [-0.3, -0.25) is 9.59 Å². The van der Waals surface area contributed by atoms with Gasteiger partial charge in [-0.15, -0.1) is 0 Å². The van der Waals surface area contributed by atoms with E-state index < -0.39 is 0 Å². The van der Waals surface area contributed by atoms with E-state index in [0.717, 1.165) is 58.9 Å². The Morgan fingerprint density at radius 1 is 0.463 bits per heavy atom. The minimum Gasteiger partial charge on any atom is -0.345 e. The first kappa shape index (κ1) is 58.2. The van der Waals surface area contributed by atoms with Crippen molar-refractivity contribution in [3.8, 4) is 22.3 Å². The van der Waals surface area contributed by atoms with Crippen LogP contribution in [0, 0.1) is 13.8 Å².